The lowest BCUT2D eigenvalue weighted by atomic mass is 10.2. The van der Waals surface area contributed by atoms with Gasteiger partial charge in [0.15, 0.2) is 12.7 Å². The van der Waals surface area contributed by atoms with Gasteiger partial charge in [0.25, 0.3) is 5.91 Å². The summed E-state index contributed by atoms with van der Waals surface area (Å²) < 4.78 is 23.8. The van der Waals surface area contributed by atoms with Crippen molar-refractivity contribution < 1.29 is 23.5 Å². The van der Waals surface area contributed by atoms with E-state index < -0.39 is 23.8 Å². The maximum absolute atomic E-state index is 13.5. The molecule has 1 amide bonds. The molecule has 1 N–H and O–H groups in total. The van der Waals surface area contributed by atoms with Crippen molar-refractivity contribution in [2.45, 2.75) is 20.0 Å². The third kappa shape index (κ3) is 5.46. The number of esters is 1. The van der Waals surface area contributed by atoms with Crippen LogP contribution in [0.25, 0.3) is 0 Å². The summed E-state index contributed by atoms with van der Waals surface area (Å²) in [4.78, 5) is 23.7. The fourth-order valence-corrected chi connectivity index (χ4v) is 2.05. The van der Waals surface area contributed by atoms with Crippen molar-refractivity contribution in [2.24, 2.45) is 0 Å². The minimum absolute atomic E-state index is 0.0169. The van der Waals surface area contributed by atoms with Crippen molar-refractivity contribution in [3.63, 3.8) is 0 Å². The number of hydrogen-bond acceptors (Lipinski definition) is 4. The second-order valence-corrected chi connectivity index (χ2v) is 5.71. The van der Waals surface area contributed by atoms with Gasteiger partial charge in [-0.05, 0) is 49.7 Å². The molecule has 0 saturated carbocycles. The number of carbonyl (C=O) groups is 2. The summed E-state index contributed by atoms with van der Waals surface area (Å²) in [7, 11) is 0. The van der Waals surface area contributed by atoms with E-state index in [4.69, 9.17) is 21.1 Å². The SMILES string of the molecule is Cc1cc(OCC(=O)O[C@H](C)C(=O)Nc2ccccc2F)ccc1Cl. The highest BCUT2D eigenvalue weighted by Crippen LogP contribution is 2.21. The molecule has 0 aliphatic rings. The number of nitrogens with one attached hydrogen (secondary N) is 1. The maximum atomic E-state index is 13.5. The first-order chi connectivity index (χ1) is 11.9. The van der Waals surface area contributed by atoms with Crippen molar-refractivity contribution in [3.05, 3.63) is 58.9 Å². The number of rotatable bonds is 6. The zero-order valence-electron chi connectivity index (χ0n) is 13.7. The Morgan fingerprint density at radius 3 is 2.64 bits per heavy atom. The molecule has 0 aromatic heterocycles. The molecule has 5 nitrogen and oxygen atoms in total. The maximum Gasteiger partial charge on any atom is 0.344 e. The fourth-order valence-electron chi connectivity index (χ4n) is 1.93. The van der Waals surface area contributed by atoms with Gasteiger partial charge in [0.05, 0.1) is 5.69 Å². The first-order valence-electron chi connectivity index (χ1n) is 7.50. The number of hydrogen-bond donors (Lipinski definition) is 1. The zero-order chi connectivity index (χ0) is 18.4. The van der Waals surface area contributed by atoms with E-state index in [9.17, 15) is 14.0 Å². The largest absolute Gasteiger partial charge is 0.482 e. The highest BCUT2D eigenvalue weighted by atomic mass is 35.5. The van der Waals surface area contributed by atoms with E-state index in [-0.39, 0.29) is 12.3 Å². The van der Waals surface area contributed by atoms with Crippen molar-refractivity contribution in [3.8, 4) is 5.75 Å². The molecule has 2 aromatic rings. The third-order valence-corrected chi connectivity index (χ3v) is 3.72. The van der Waals surface area contributed by atoms with Gasteiger partial charge in [-0.25, -0.2) is 9.18 Å². The lowest BCUT2D eigenvalue weighted by Crippen LogP contribution is -2.31. The second-order valence-electron chi connectivity index (χ2n) is 5.30. The number of carbonyl (C=O) groups excluding carboxylic acids is 2. The van der Waals surface area contributed by atoms with Gasteiger partial charge in [-0.15, -0.1) is 0 Å². The van der Waals surface area contributed by atoms with Crippen LogP contribution in [0.15, 0.2) is 42.5 Å². The van der Waals surface area contributed by atoms with E-state index in [1.165, 1.54) is 25.1 Å². The molecule has 7 heteroatoms. The summed E-state index contributed by atoms with van der Waals surface area (Å²) in [5, 5.41) is 2.95. The zero-order valence-corrected chi connectivity index (χ0v) is 14.5. The molecule has 2 aromatic carbocycles. The first kappa shape index (κ1) is 18.7. The Balaban J connectivity index is 1.83. The second kappa shape index (κ2) is 8.48. The van der Waals surface area contributed by atoms with Crippen LogP contribution in [0.3, 0.4) is 0 Å². The van der Waals surface area contributed by atoms with Gasteiger partial charge in [0, 0.05) is 5.02 Å². The van der Waals surface area contributed by atoms with Crippen LogP contribution in [-0.4, -0.2) is 24.6 Å². The molecule has 0 heterocycles. The quantitative estimate of drug-likeness (QED) is 0.792. The Hall–Kier alpha value is -2.60. The van der Waals surface area contributed by atoms with Crippen LogP contribution in [-0.2, 0) is 14.3 Å². The summed E-state index contributed by atoms with van der Waals surface area (Å²) in [6, 6.07) is 10.7. The van der Waals surface area contributed by atoms with Gasteiger partial charge in [0.1, 0.15) is 11.6 Å². The summed E-state index contributed by atoms with van der Waals surface area (Å²) in [5.41, 5.74) is 0.827. The third-order valence-electron chi connectivity index (χ3n) is 3.30. The normalized spacial score (nSPS) is 11.5. The Bertz CT molecular complexity index is 781. The van der Waals surface area contributed by atoms with Gasteiger partial charge in [-0.2, -0.15) is 0 Å². The standard InChI is InChI=1S/C18H17ClFNO4/c1-11-9-13(7-8-14(11)19)24-10-17(22)25-12(2)18(23)21-16-6-4-3-5-15(16)20/h3-9,12H,10H2,1-2H3,(H,21,23)/t12-/m1/s1. The smallest absolute Gasteiger partial charge is 0.344 e. The molecule has 0 spiro atoms. The topological polar surface area (TPSA) is 64.6 Å². The fraction of sp³-hybridized carbons (Fsp3) is 0.222. The lowest BCUT2D eigenvalue weighted by molar-refractivity contribution is -0.155. The Morgan fingerprint density at radius 1 is 1.24 bits per heavy atom. The highest BCUT2D eigenvalue weighted by molar-refractivity contribution is 6.31. The van der Waals surface area contributed by atoms with Crippen LogP contribution in [0.1, 0.15) is 12.5 Å². The summed E-state index contributed by atoms with van der Waals surface area (Å²) in [6.07, 6.45) is -1.09. The van der Waals surface area contributed by atoms with Gasteiger partial charge < -0.3 is 14.8 Å². The Labute approximate surface area is 149 Å². The van der Waals surface area contributed by atoms with Crippen LogP contribution in [0.2, 0.25) is 5.02 Å². The van der Waals surface area contributed by atoms with Crippen molar-refractivity contribution in [2.75, 3.05) is 11.9 Å². The minimum Gasteiger partial charge on any atom is -0.482 e. The molecule has 0 saturated heterocycles. The van der Waals surface area contributed by atoms with Crippen molar-refractivity contribution in [1.29, 1.82) is 0 Å². The van der Waals surface area contributed by atoms with E-state index in [1.54, 1.807) is 24.3 Å². The molecule has 1 atom stereocenters. The molecular formula is C18H17ClFNO4. The summed E-state index contributed by atoms with van der Waals surface area (Å²) in [6.45, 7) is 2.83. The highest BCUT2D eigenvalue weighted by Gasteiger charge is 2.19. The molecule has 0 fully saturated rings. The number of aryl methyl sites for hydroxylation is 1. The molecule has 0 unspecified atom stereocenters. The van der Waals surface area contributed by atoms with E-state index in [2.05, 4.69) is 5.32 Å². The van der Waals surface area contributed by atoms with E-state index >= 15 is 0 Å². The number of amides is 1. The molecule has 132 valence electrons. The average molecular weight is 366 g/mol. The van der Waals surface area contributed by atoms with Crippen LogP contribution in [0.5, 0.6) is 5.75 Å². The predicted molar refractivity (Wildman–Crippen MR) is 92.3 cm³/mol. The monoisotopic (exact) mass is 365 g/mol. The molecule has 0 radical (unpaired) electrons. The van der Waals surface area contributed by atoms with Crippen molar-refractivity contribution in [1.82, 2.24) is 0 Å². The number of halogens is 2. The Morgan fingerprint density at radius 2 is 1.96 bits per heavy atom. The molecule has 0 bridgehead atoms. The number of ether oxygens (including phenoxy) is 2. The van der Waals surface area contributed by atoms with Gasteiger partial charge >= 0.3 is 5.97 Å². The van der Waals surface area contributed by atoms with Crippen LogP contribution < -0.4 is 10.1 Å². The molecule has 0 aliphatic carbocycles. The van der Waals surface area contributed by atoms with Gasteiger partial charge in [-0.1, -0.05) is 23.7 Å². The van der Waals surface area contributed by atoms with E-state index in [0.717, 1.165) is 5.56 Å². The number of anilines is 1. The van der Waals surface area contributed by atoms with Crippen molar-refractivity contribution >= 4 is 29.2 Å². The van der Waals surface area contributed by atoms with Gasteiger partial charge in [-0.3, -0.25) is 4.79 Å². The molecule has 2 rings (SSSR count). The summed E-state index contributed by atoms with van der Waals surface area (Å²) in [5.74, 6) is -1.47. The predicted octanol–water partition coefficient (Wildman–Crippen LogP) is 3.74. The van der Waals surface area contributed by atoms with E-state index in [1.807, 2.05) is 6.92 Å². The van der Waals surface area contributed by atoms with Crippen LogP contribution in [0.4, 0.5) is 10.1 Å². The van der Waals surface area contributed by atoms with Gasteiger partial charge in [0.2, 0.25) is 0 Å². The Kier molecular flexibility index (Phi) is 6.36. The number of benzene rings is 2. The van der Waals surface area contributed by atoms with Crippen LogP contribution in [0, 0.1) is 12.7 Å². The first-order valence-corrected chi connectivity index (χ1v) is 7.88. The molecule has 0 aliphatic heterocycles. The minimum atomic E-state index is -1.09. The lowest BCUT2D eigenvalue weighted by Gasteiger charge is -2.14. The molecule has 25 heavy (non-hydrogen) atoms. The number of para-hydroxylation sites is 1. The van der Waals surface area contributed by atoms with E-state index in [0.29, 0.717) is 10.8 Å². The summed E-state index contributed by atoms with van der Waals surface area (Å²) >= 11 is 5.91. The molecular weight excluding hydrogens is 349 g/mol. The average Bonchev–Trinajstić information content (AvgIpc) is 2.58. The van der Waals surface area contributed by atoms with Crippen LogP contribution >= 0.6 is 11.6 Å².